The van der Waals surface area contributed by atoms with Crippen molar-refractivity contribution in [2.24, 2.45) is 0 Å². The van der Waals surface area contributed by atoms with Gasteiger partial charge in [0.2, 0.25) is 0 Å². The highest BCUT2D eigenvalue weighted by Crippen LogP contribution is 2.35. The lowest BCUT2D eigenvalue weighted by Crippen LogP contribution is -2.10. The molecule has 0 aliphatic rings. The van der Waals surface area contributed by atoms with Crippen LogP contribution in [0.15, 0.2) is 11.1 Å². The molecule has 0 heterocycles. The summed E-state index contributed by atoms with van der Waals surface area (Å²) in [6, 6.07) is 0. The number of hydrogen-bond acceptors (Lipinski definition) is 0. The van der Waals surface area contributed by atoms with Gasteiger partial charge in [-0.25, -0.2) is 0 Å². The molecule has 0 aliphatic heterocycles. The fourth-order valence-electron chi connectivity index (χ4n) is 0.226. The molecular weight excluding hydrogens is 275 g/mol. The summed E-state index contributed by atoms with van der Waals surface area (Å²) >= 11 is 10.8. The third-order valence-electron chi connectivity index (χ3n) is 0.561. The molecule has 0 aromatic heterocycles. The van der Waals surface area contributed by atoms with Crippen molar-refractivity contribution in [2.75, 3.05) is 0 Å². The van der Waals surface area contributed by atoms with Gasteiger partial charge in [-0.2, -0.15) is 17.6 Å². The van der Waals surface area contributed by atoms with Gasteiger partial charge in [-0.3, -0.25) is 0 Å². The van der Waals surface area contributed by atoms with Gasteiger partial charge in [-0.1, -0.05) is 11.6 Å². The fraction of sp³-hybridized carbons (Fsp3) is 0.500. The molecule has 0 rings (SSSR count). The Morgan fingerprint density at radius 1 is 1.27 bits per heavy atom. The van der Waals surface area contributed by atoms with Gasteiger partial charge < -0.3 is 0 Å². The van der Waals surface area contributed by atoms with Crippen molar-refractivity contribution in [3.8, 4) is 0 Å². The fourth-order valence-corrected chi connectivity index (χ4v) is 0.778. The molecule has 0 unspecified atom stereocenters. The van der Waals surface area contributed by atoms with E-state index in [2.05, 4.69) is 11.6 Å². The number of hydrogen-bond donors (Lipinski definition) is 0. The maximum absolute atomic E-state index is 11.9. The Morgan fingerprint density at radius 3 is 1.73 bits per heavy atom. The van der Waals surface area contributed by atoms with Gasteiger partial charge in [-0.15, -0.1) is 0 Å². The monoisotopic (exact) mass is 274 g/mol. The first-order valence-electron chi connectivity index (χ1n) is 2.15. The predicted octanol–water partition coefficient (Wildman–Crippen LogP) is 3.93. The van der Waals surface area contributed by atoms with Crippen molar-refractivity contribution in [3.05, 3.63) is 11.1 Å². The van der Waals surface area contributed by atoms with Crippen molar-refractivity contribution in [1.82, 2.24) is 0 Å². The van der Waals surface area contributed by atoms with Gasteiger partial charge in [0, 0.05) is 6.08 Å². The van der Waals surface area contributed by atoms with Gasteiger partial charge in [0.25, 0.3) is 0 Å². The van der Waals surface area contributed by atoms with Crippen LogP contribution in [0.2, 0.25) is 0 Å². The molecule has 0 saturated carbocycles. The van der Waals surface area contributed by atoms with Crippen LogP contribution in [0.4, 0.5) is 17.6 Å². The second kappa shape index (κ2) is 3.49. The molecule has 0 aromatic rings. The third kappa shape index (κ3) is 5.75. The van der Waals surface area contributed by atoms with Gasteiger partial charge in [-0.05, 0) is 27.5 Å². The van der Waals surface area contributed by atoms with E-state index in [1.165, 1.54) is 0 Å². The summed E-state index contributed by atoms with van der Waals surface area (Å²) < 4.78 is 47.4. The Bertz CT molecular complexity index is 168. The summed E-state index contributed by atoms with van der Waals surface area (Å²) in [7, 11) is 0. The highest BCUT2D eigenvalue weighted by molar-refractivity contribution is 9.10. The Morgan fingerprint density at radius 2 is 1.64 bits per heavy atom. The van der Waals surface area contributed by atoms with E-state index in [1.807, 2.05) is 0 Å². The average molecular weight is 276 g/mol. The van der Waals surface area contributed by atoms with Gasteiger partial charge in [0.1, 0.15) is 5.03 Å². The molecule has 0 nitrogen and oxygen atoms in total. The Kier molecular flexibility index (Phi) is 3.66. The van der Waals surface area contributed by atoms with Crippen molar-refractivity contribution in [2.45, 2.75) is 10.2 Å². The van der Waals surface area contributed by atoms with Crippen LogP contribution in [-0.4, -0.2) is 10.2 Å². The van der Waals surface area contributed by atoms with Crippen LogP contribution in [0.1, 0.15) is 0 Å². The van der Waals surface area contributed by atoms with Crippen molar-refractivity contribution >= 4 is 39.1 Å². The van der Waals surface area contributed by atoms with Crippen LogP contribution in [0.5, 0.6) is 0 Å². The van der Waals surface area contributed by atoms with Crippen molar-refractivity contribution in [1.29, 1.82) is 0 Å². The molecule has 0 spiro atoms. The highest BCUT2D eigenvalue weighted by atomic mass is 79.9. The number of rotatable bonds is 2. The zero-order valence-electron chi connectivity index (χ0n) is 4.72. The molecule has 66 valence electrons. The molecule has 0 atom stereocenters. The van der Waals surface area contributed by atoms with E-state index in [4.69, 9.17) is 11.6 Å². The number of allylic oxidation sites excluding steroid dienone is 2. The van der Waals surface area contributed by atoms with E-state index in [9.17, 15) is 17.6 Å². The van der Waals surface area contributed by atoms with Crippen molar-refractivity contribution < 1.29 is 17.6 Å². The molecule has 0 N–H and O–H groups in total. The topological polar surface area (TPSA) is 0 Å². The molecule has 0 bridgehead atoms. The van der Waals surface area contributed by atoms with E-state index < -0.39 is 15.2 Å². The van der Waals surface area contributed by atoms with E-state index in [1.54, 1.807) is 15.9 Å². The third-order valence-corrected chi connectivity index (χ3v) is 1.44. The Labute approximate surface area is 78.3 Å². The maximum Gasteiger partial charge on any atom is 0.358 e. The van der Waals surface area contributed by atoms with Crippen LogP contribution in [0.25, 0.3) is 0 Å². The van der Waals surface area contributed by atoms with Crippen LogP contribution in [0, 0.1) is 0 Å². The minimum absolute atomic E-state index is 0.179. The second-order valence-electron chi connectivity index (χ2n) is 1.53. The Balaban J connectivity index is 4.49. The second-order valence-corrected chi connectivity index (χ2v) is 3.47. The lowest BCUT2D eigenvalue weighted by atomic mass is 10.5. The number of halogens is 7. The van der Waals surface area contributed by atoms with Gasteiger partial charge in [0.05, 0.1) is 0 Å². The molecular formula is C4HBrCl2F4. The molecule has 0 aliphatic carbocycles. The first kappa shape index (κ1) is 11.5. The first-order chi connectivity index (χ1) is 4.63. The maximum atomic E-state index is 11.9. The molecule has 11 heavy (non-hydrogen) atoms. The standard InChI is InChI=1S/C4HBrCl2F4/c5-3(8,9)1-2(6)4(7,10)11/h1H/b2-1+. The Hall–Kier alpha value is 0.520. The summed E-state index contributed by atoms with van der Waals surface area (Å²) in [6.07, 6.45) is -0.179. The molecule has 7 heteroatoms. The minimum atomic E-state index is -3.95. The lowest BCUT2D eigenvalue weighted by molar-refractivity contribution is 0.135. The molecule has 0 aromatic carbocycles. The average Bonchev–Trinajstić information content (AvgIpc) is 1.56. The summed E-state index contributed by atoms with van der Waals surface area (Å²) in [5, 5.41) is -5.36. The molecule has 0 saturated heterocycles. The largest absolute Gasteiger partial charge is 0.358 e. The smallest absolute Gasteiger partial charge is 0.189 e. The molecule has 0 amide bonds. The van der Waals surface area contributed by atoms with Gasteiger partial charge in [0.15, 0.2) is 0 Å². The summed E-state index contributed by atoms with van der Waals surface area (Å²) in [6.45, 7) is 0. The SMILES string of the molecule is FC(F)(Br)/C=C(/Cl)C(F)(F)Cl. The van der Waals surface area contributed by atoms with Gasteiger partial charge >= 0.3 is 10.2 Å². The van der Waals surface area contributed by atoms with E-state index in [0.717, 1.165) is 0 Å². The normalized spacial score (nSPS) is 15.4. The van der Waals surface area contributed by atoms with Crippen LogP contribution in [0.3, 0.4) is 0 Å². The molecule has 0 radical (unpaired) electrons. The first-order valence-corrected chi connectivity index (χ1v) is 3.70. The number of alkyl halides is 6. The zero-order valence-corrected chi connectivity index (χ0v) is 7.82. The van der Waals surface area contributed by atoms with E-state index in [-0.39, 0.29) is 6.08 Å². The zero-order chi connectivity index (χ0) is 9.28. The summed E-state index contributed by atoms with van der Waals surface area (Å²) in [5.41, 5.74) is 0. The van der Waals surface area contributed by atoms with Crippen LogP contribution >= 0.6 is 39.1 Å². The quantitative estimate of drug-likeness (QED) is 0.529. The lowest BCUT2D eigenvalue weighted by Gasteiger charge is -2.07. The summed E-state index contributed by atoms with van der Waals surface area (Å²) in [4.78, 5) is -3.57. The highest BCUT2D eigenvalue weighted by Gasteiger charge is 2.34. The van der Waals surface area contributed by atoms with E-state index >= 15 is 0 Å². The van der Waals surface area contributed by atoms with Crippen LogP contribution < -0.4 is 0 Å². The van der Waals surface area contributed by atoms with E-state index in [0.29, 0.717) is 0 Å². The predicted molar refractivity (Wildman–Crippen MR) is 38.6 cm³/mol. The minimum Gasteiger partial charge on any atom is -0.189 e. The van der Waals surface area contributed by atoms with Crippen LogP contribution in [-0.2, 0) is 0 Å². The molecule has 0 fully saturated rings. The summed E-state index contributed by atoms with van der Waals surface area (Å²) in [5.74, 6) is 0. The van der Waals surface area contributed by atoms with Crippen molar-refractivity contribution in [3.63, 3.8) is 0 Å².